The maximum absolute atomic E-state index is 13.7. The van der Waals surface area contributed by atoms with Crippen molar-refractivity contribution < 1.29 is 9.50 Å². The van der Waals surface area contributed by atoms with Crippen LogP contribution in [0.2, 0.25) is 0 Å². The second kappa shape index (κ2) is 6.88. The average molecular weight is 340 g/mol. The molecular weight excluding hydrogens is 319 g/mol. The number of nitrogens with one attached hydrogen (secondary N) is 1. The first kappa shape index (κ1) is 16.1. The molecule has 130 valence electrons. The zero-order chi connectivity index (χ0) is 17.2. The van der Waals surface area contributed by atoms with Gasteiger partial charge in [0.2, 0.25) is 0 Å². The normalized spacial score (nSPS) is 24.2. The van der Waals surface area contributed by atoms with Gasteiger partial charge in [-0.2, -0.15) is 0 Å². The first-order chi connectivity index (χ1) is 12.2. The van der Waals surface area contributed by atoms with Crippen molar-refractivity contribution in [2.75, 3.05) is 5.32 Å². The minimum absolute atomic E-state index is 0.140. The number of aliphatic hydroxyl groups excluding tert-OH is 1. The smallest absolute Gasteiger partial charge is 0.148 e. The summed E-state index contributed by atoms with van der Waals surface area (Å²) >= 11 is 0. The maximum Gasteiger partial charge on any atom is 0.148 e. The van der Waals surface area contributed by atoms with Gasteiger partial charge in [0.05, 0.1) is 30.1 Å². The molecule has 1 aliphatic heterocycles. The van der Waals surface area contributed by atoms with Gasteiger partial charge in [-0.3, -0.25) is 0 Å². The van der Waals surface area contributed by atoms with Gasteiger partial charge in [-0.05, 0) is 43.7 Å². The Morgan fingerprint density at radius 2 is 2.00 bits per heavy atom. The summed E-state index contributed by atoms with van der Waals surface area (Å²) in [5.41, 5.74) is 2.08. The predicted molar refractivity (Wildman–Crippen MR) is 94.5 cm³/mol. The van der Waals surface area contributed by atoms with Crippen molar-refractivity contribution >= 4 is 17.2 Å². The van der Waals surface area contributed by atoms with Gasteiger partial charge in [0.1, 0.15) is 23.2 Å². The molecule has 1 fully saturated rings. The molecule has 0 atom stereocenters. The van der Waals surface area contributed by atoms with Gasteiger partial charge < -0.3 is 10.4 Å². The average Bonchev–Trinajstić information content (AvgIpc) is 3.01. The van der Waals surface area contributed by atoms with Crippen molar-refractivity contribution in [3.05, 3.63) is 47.8 Å². The van der Waals surface area contributed by atoms with E-state index in [1.807, 2.05) is 0 Å². The van der Waals surface area contributed by atoms with Crippen LogP contribution in [-0.4, -0.2) is 27.0 Å². The number of para-hydroxylation sites is 1. The zero-order valence-electron chi connectivity index (χ0n) is 14.0. The number of hydrogen-bond acceptors (Lipinski definition) is 4. The Labute approximate surface area is 146 Å². The molecule has 0 bridgehead atoms. The van der Waals surface area contributed by atoms with Gasteiger partial charge in [0.25, 0.3) is 0 Å². The molecule has 0 unspecified atom stereocenters. The second-order valence-electron chi connectivity index (χ2n) is 6.84. The van der Waals surface area contributed by atoms with E-state index in [-0.39, 0.29) is 11.9 Å². The lowest BCUT2D eigenvalue weighted by atomic mass is 9.85. The van der Waals surface area contributed by atoms with Crippen molar-refractivity contribution in [1.29, 1.82) is 0 Å². The Balaban J connectivity index is 1.46. The largest absolute Gasteiger partial charge is 0.393 e. The molecule has 5 nitrogen and oxygen atoms in total. The van der Waals surface area contributed by atoms with Crippen LogP contribution < -0.4 is 5.32 Å². The van der Waals surface area contributed by atoms with Crippen molar-refractivity contribution in [3.8, 4) is 0 Å². The van der Waals surface area contributed by atoms with Gasteiger partial charge in [-0.15, -0.1) is 0 Å². The van der Waals surface area contributed by atoms with E-state index in [2.05, 4.69) is 20.3 Å². The number of aliphatic imine (C=N–C) groups is 1. The van der Waals surface area contributed by atoms with E-state index in [0.29, 0.717) is 23.9 Å². The Morgan fingerprint density at radius 1 is 1.20 bits per heavy atom. The summed E-state index contributed by atoms with van der Waals surface area (Å²) in [4.78, 5) is 13.5. The van der Waals surface area contributed by atoms with Gasteiger partial charge in [-0.25, -0.2) is 19.4 Å². The fourth-order valence-electron chi connectivity index (χ4n) is 3.52. The number of rotatable bonds is 3. The van der Waals surface area contributed by atoms with E-state index in [1.54, 1.807) is 24.4 Å². The molecule has 2 heterocycles. The lowest BCUT2D eigenvalue weighted by Crippen LogP contribution is -2.20. The monoisotopic (exact) mass is 340 g/mol. The van der Waals surface area contributed by atoms with Gasteiger partial charge >= 0.3 is 0 Å². The van der Waals surface area contributed by atoms with E-state index >= 15 is 0 Å². The van der Waals surface area contributed by atoms with Crippen molar-refractivity contribution in [2.24, 2.45) is 10.9 Å². The quantitative estimate of drug-likeness (QED) is 0.898. The second-order valence-corrected chi connectivity index (χ2v) is 6.84. The molecule has 0 amide bonds. The Bertz CT molecular complexity index is 800. The molecule has 1 aromatic carbocycles. The van der Waals surface area contributed by atoms with E-state index in [1.165, 1.54) is 6.07 Å². The molecule has 4 rings (SSSR count). The lowest BCUT2D eigenvalue weighted by Gasteiger charge is -2.24. The Kier molecular flexibility index (Phi) is 4.44. The summed E-state index contributed by atoms with van der Waals surface area (Å²) in [5, 5.41) is 12.8. The minimum atomic E-state index is -0.334. The predicted octanol–water partition coefficient (Wildman–Crippen LogP) is 3.41. The zero-order valence-corrected chi connectivity index (χ0v) is 14.0. The van der Waals surface area contributed by atoms with Gasteiger partial charge in [0, 0.05) is 6.42 Å². The molecule has 0 saturated heterocycles. The highest BCUT2D eigenvalue weighted by molar-refractivity contribution is 6.03. The van der Waals surface area contributed by atoms with Crippen LogP contribution in [0.1, 0.15) is 37.2 Å². The number of amidine groups is 1. The SMILES string of the molecule is OC1CCC(Cc2ncc3c(n2)CC(=Nc2ccccc2F)N3)CC1. The number of anilines is 1. The van der Waals surface area contributed by atoms with Crippen molar-refractivity contribution in [3.63, 3.8) is 0 Å². The van der Waals surface area contributed by atoms with Crippen LogP contribution >= 0.6 is 0 Å². The van der Waals surface area contributed by atoms with E-state index < -0.39 is 0 Å². The van der Waals surface area contributed by atoms with E-state index in [9.17, 15) is 9.50 Å². The fraction of sp³-hybridized carbons (Fsp3) is 0.421. The molecule has 1 aliphatic carbocycles. The summed E-state index contributed by atoms with van der Waals surface area (Å²) in [6, 6.07) is 6.48. The van der Waals surface area contributed by atoms with Crippen LogP contribution in [0.3, 0.4) is 0 Å². The van der Waals surface area contributed by atoms with Crippen LogP contribution in [0, 0.1) is 11.7 Å². The van der Waals surface area contributed by atoms with Crippen molar-refractivity contribution in [2.45, 2.75) is 44.6 Å². The third-order valence-corrected chi connectivity index (χ3v) is 4.93. The summed E-state index contributed by atoms with van der Waals surface area (Å²) in [5.74, 6) is 1.74. The van der Waals surface area contributed by atoms with Gasteiger partial charge in [0.15, 0.2) is 0 Å². The Hall–Kier alpha value is -2.34. The molecule has 2 aromatic rings. The van der Waals surface area contributed by atoms with E-state index in [4.69, 9.17) is 0 Å². The summed E-state index contributed by atoms with van der Waals surface area (Å²) in [6.07, 6.45) is 6.85. The molecule has 6 heteroatoms. The number of fused-ring (bicyclic) bond motifs is 1. The molecular formula is C19H21FN4O. The molecule has 2 aliphatic rings. The summed E-state index contributed by atoms with van der Waals surface area (Å²) in [6.45, 7) is 0. The summed E-state index contributed by atoms with van der Waals surface area (Å²) < 4.78 is 13.7. The Morgan fingerprint density at radius 3 is 2.80 bits per heavy atom. The number of hydrogen-bond donors (Lipinski definition) is 2. The van der Waals surface area contributed by atoms with E-state index in [0.717, 1.165) is 49.3 Å². The molecule has 25 heavy (non-hydrogen) atoms. The van der Waals surface area contributed by atoms with Crippen LogP contribution in [0.5, 0.6) is 0 Å². The standard InChI is InChI=1S/C19H21FN4O/c20-14-3-1-2-4-15(14)22-19-10-16-17(24-19)11-21-18(23-16)9-12-5-7-13(25)8-6-12/h1-4,11-13,25H,5-10H2,(H,22,24). The number of benzene rings is 1. The lowest BCUT2D eigenvalue weighted by molar-refractivity contribution is 0.108. The molecule has 1 saturated carbocycles. The van der Waals surface area contributed by atoms with Crippen LogP contribution in [0.4, 0.5) is 15.8 Å². The minimum Gasteiger partial charge on any atom is -0.393 e. The first-order valence-electron chi connectivity index (χ1n) is 8.79. The van der Waals surface area contributed by atoms with Crippen LogP contribution in [0.15, 0.2) is 35.5 Å². The third kappa shape index (κ3) is 3.69. The number of halogens is 1. The van der Waals surface area contributed by atoms with Crippen molar-refractivity contribution in [1.82, 2.24) is 9.97 Å². The molecule has 2 N–H and O–H groups in total. The third-order valence-electron chi connectivity index (χ3n) is 4.93. The maximum atomic E-state index is 13.7. The number of nitrogens with zero attached hydrogens (tertiary/aromatic N) is 3. The number of aromatic nitrogens is 2. The highest BCUT2D eigenvalue weighted by Crippen LogP contribution is 2.28. The molecule has 0 radical (unpaired) electrons. The topological polar surface area (TPSA) is 70.4 Å². The van der Waals surface area contributed by atoms with Crippen LogP contribution in [-0.2, 0) is 12.8 Å². The molecule has 0 spiro atoms. The van der Waals surface area contributed by atoms with Crippen LogP contribution in [0.25, 0.3) is 0 Å². The highest BCUT2D eigenvalue weighted by Gasteiger charge is 2.23. The fourth-order valence-corrected chi connectivity index (χ4v) is 3.52. The summed E-state index contributed by atoms with van der Waals surface area (Å²) in [7, 11) is 0. The number of aliphatic hydroxyl groups is 1. The molecule has 1 aromatic heterocycles. The first-order valence-corrected chi connectivity index (χ1v) is 8.79. The highest BCUT2D eigenvalue weighted by atomic mass is 19.1. The van der Waals surface area contributed by atoms with Gasteiger partial charge in [-0.1, -0.05) is 12.1 Å².